The number of benzene rings is 1. The zero-order valence-corrected chi connectivity index (χ0v) is 14.7. The molecule has 1 saturated heterocycles. The monoisotopic (exact) mass is 317 g/mol. The van der Waals surface area contributed by atoms with Crippen LogP contribution in [0, 0.1) is 0 Å². The highest BCUT2D eigenvalue weighted by molar-refractivity contribution is 5.15. The molecule has 2 aliphatic rings. The summed E-state index contributed by atoms with van der Waals surface area (Å²) in [4.78, 5) is 2.60. The molecule has 0 atom stereocenters. The Kier molecular flexibility index (Phi) is 5.40. The highest BCUT2D eigenvalue weighted by Gasteiger charge is 2.47. The van der Waals surface area contributed by atoms with Crippen LogP contribution >= 0.6 is 0 Å². The number of hydrogen-bond acceptors (Lipinski definition) is 3. The second-order valence-electron chi connectivity index (χ2n) is 7.28. The molecule has 1 spiro atoms. The first-order chi connectivity index (χ1) is 11.2. The Hall–Kier alpha value is -0.900. The lowest BCUT2D eigenvalue weighted by molar-refractivity contribution is -0.194. The van der Waals surface area contributed by atoms with Crippen LogP contribution in [0.1, 0.15) is 57.4 Å². The third-order valence-electron chi connectivity index (χ3n) is 5.82. The summed E-state index contributed by atoms with van der Waals surface area (Å²) in [5.74, 6) is -0.261. The predicted molar refractivity (Wildman–Crippen MR) is 93.3 cm³/mol. The van der Waals surface area contributed by atoms with Gasteiger partial charge in [0.2, 0.25) is 0 Å². The Morgan fingerprint density at radius 1 is 1.00 bits per heavy atom. The van der Waals surface area contributed by atoms with Crippen molar-refractivity contribution in [2.75, 3.05) is 20.3 Å². The molecule has 128 valence electrons. The van der Waals surface area contributed by atoms with Crippen LogP contribution in [0.3, 0.4) is 0 Å². The van der Waals surface area contributed by atoms with Crippen molar-refractivity contribution in [3.8, 4) is 0 Å². The number of hydrogen-bond donors (Lipinski definition) is 0. The van der Waals surface area contributed by atoms with Gasteiger partial charge in [0, 0.05) is 24.9 Å². The van der Waals surface area contributed by atoms with Crippen molar-refractivity contribution in [3.05, 3.63) is 35.9 Å². The highest BCUT2D eigenvalue weighted by Crippen LogP contribution is 2.45. The zero-order valence-electron chi connectivity index (χ0n) is 14.7. The third-order valence-corrected chi connectivity index (χ3v) is 5.82. The Balaban J connectivity index is 1.69. The molecule has 3 nitrogen and oxygen atoms in total. The summed E-state index contributed by atoms with van der Waals surface area (Å²) in [6.45, 7) is 4.85. The Labute approximate surface area is 141 Å². The fourth-order valence-electron chi connectivity index (χ4n) is 4.24. The van der Waals surface area contributed by atoms with Gasteiger partial charge in [0.1, 0.15) is 0 Å². The number of rotatable bonds is 6. The van der Waals surface area contributed by atoms with Crippen molar-refractivity contribution in [2.24, 2.45) is 0 Å². The Bertz CT molecular complexity index is 472. The van der Waals surface area contributed by atoms with Gasteiger partial charge in [-0.05, 0) is 31.9 Å². The maximum absolute atomic E-state index is 5.94. The van der Waals surface area contributed by atoms with E-state index in [1.54, 1.807) is 0 Å². The molecule has 1 aromatic carbocycles. The fourth-order valence-corrected chi connectivity index (χ4v) is 4.24. The summed E-state index contributed by atoms with van der Waals surface area (Å²) in [7, 11) is 2.30. The van der Waals surface area contributed by atoms with Crippen LogP contribution in [0.25, 0.3) is 0 Å². The van der Waals surface area contributed by atoms with Crippen LogP contribution < -0.4 is 0 Å². The minimum atomic E-state index is -0.261. The van der Waals surface area contributed by atoms with Gasteiger partial charge in [0.25, 0.3) is 0 Å². The molecule has 3 heteroatoms. The van der Waals surface area contributed by atoms with Crippen molar-refractivity contribution in [3.63, 3.8) is 0 Å². The van der Waals surface area contributed by atoms with Crippen LogP contribution in [-0.2, 0) is 16.0 Å². The molecular formula is C20H31NO2. The van der Waals surface area contributed by atoms with Crippen molar-refractivity contribution in [2.45, 2.75) is 69.7 Å². The standard InChI is InChI=1S/C20H31NO2/c1-3-4-10-19(21(2)17-18-8-6-5-7-9-18)11-13-20(14-12-19)22-15-16-23-20/h5-9H,3-4,10-17H2,1-2H3. The Morgan fingerprint density at radius 3 is 2.26 bits per heavy atom. The molecule has 1 aliphatic heterocycles. The van der Waals surface area contributed by atoms with Gasteiger partial charge < -0.3 is 9.47 Å². The lowest BCUT2D eigenvalue weighted by Gasteiger charge is -2.49. The van der Waals surface area contributed by atoms with E-state index in [9.17, 15) is 0 Å². The molecule has 0 radical (unpaired) electrons. The van der Waals surface area contributed by atoms with Gasteiger partial charge >= 0.3 is 0 Å². The second kappa shape index (κ2) is 7.33. The molecule has 0 bridgehead atoms. The van der Waals surface area contributed by atoms with Gasteiger partial charge in [-0.2, -0.15) is 0 Å². The lowest BCUT2D eigenvalue weighted by atomic mass is 9.74. The summed E-state index contributed by atoms with van der Waals surface area (Å²) in [6, 6.07) is 10.8. The predicted octanol–water partition coefficient (Wildman–Crippen LogP) is 4.36. The maximum atomic E-state index is 5.94. The minimum absolute atomic E-state index is 0.261. The van der Waals surface area contributed by atoms with Gasteiger partial charge in [-0.1, -0.05) is 50.1 Å². The van der Waals surface area contributed by atoms with Crippen LogP contribution in [0.15, 0.2) is 30.3 Å². The molecule has 0 amide bonds. The van der Waals surface area contributed by atoms with E-state index in [1.807, 2.05) is 0 Å². The molecule has 1 aliphatic carbocycles. The van der Waals surface area contributed by atoms with Gasteiger partial charge in [-0.15, -0.1) is 0 Å². The van der Waals surface area contributed by atoms with E-state index in [0.717, 1.165) is 32.6 Å². The minimum Gasteiger partial charge on any atom is -0.348 e. The van der Waals surface area contributed by atoms with Gasteiger partial charge in [0.15, 0.2) is 5.79 Å². The van der Waals surface area contributed by atoms with Crippen LogP contribution in [0.5, 0.6) is 0 Å². The molecule has 1 aromatic rings. The SMILES string of the molecule is CCCCC1(N(C)Cc2ccccc2)CCC2(CC1)OCCO2. The third kappa shape index (κ3) is 3.78. The largest absolute Gasteiger partial charge is 0.348 e. The highest BCUT2D eigenvalue weighted by atomic mass is 16.7. The van der Waals surface area contributed by atoms with Crippen LogP contribution in [-0.4, -0.2) is 36.5 Å². The normalized spacial score (nSPS) is 22.7. The summed E-state index contributed by atoms with van der Waals surface area (Å²) < 4.78 is 11.9. The number of ether oxygens (including phenoxy) is 2. The molecule has 0 N–H and O–H groups in total. The van der Waals surface area contributed by atoms with Gasteiger partial charge in [-0.25, -0.2) is 0 Å². The van der Waals surface area contributed by atoms with Gasteiger partial charge in [0.05, 0.1) is 13.2 Å². The van der Waals surface area contributed by atoms with Crippen molar-refractivity contribution >= 4 is 0 Å². The molecule has 1 saturated carbocycles. The summed E-state index contributed by atoms with van der Waals surface area (Å²) >= 11 is 0. The van der Waals surface area contributed by atoms with E-state index >= 15 is 0 Å². The van der Waals surface area contributed by atoms with Crippen LogP contribution in [0.4, 0.5) is 0 Å². The molecule has 0 aromatic heterocycles. The van der Waals surface area contributed by atoms with E-state index < -0.39 is 0 Å². The smallest absolute Gasteiger partial charge is 0.168 e. The lowest BCUT2D eigenvalue weighted by Crippen LogP contribution is -2.52. The first kappa shape index (κ1) is 16.9. The number of unbranched alkanes of at least 4 members (excludes halogenated alkanes) is 1. The number of nitrogens with zero attached hydrogens (tertiary/aromatic N) is 1. The summed E-state index contributed by atoms with van der Waals surface area (Å²) in [5.41, 5.74) is 1.70. The van der Waals surface area contributed by atoms with E-state index in [0.29, 0.717) is 5.54 Å². The zero-order chi connectivity index (χ0) is 16.2. The summed E-state index contributed by atoms with van der Waals surface area (Å²) in [5, 5.41) is 0. The van der Waals surface area contributed by atoms with E-state index in [2.05, 4.69) is 49.2 Å². The van der Waals surface area contributed by atoms with Crippen molar-refractivity contribution in [1.82, 2.24) is 4.90 Å². The second-order valence-corrected chi connectivity index (χ2v) is 7.28. The van der Waals surface area contributed by atoms with Crippen LogP contribution in [0.2, 0.25) is 0 Å². The first-order valence-corrected chi connectivity index (χ1v) is 9.21. The maximum Gasteiger partial charge on any atom is 0.168 e. The quantitative estimate of drug-likeness (QED) is 0.778. The fraction of sp³-hybridized carbons (Fsp3) is 0.700. The van der Waals surface area contributed by atoms with Gasteiger partial charge in [-0.3, -0.25) is 4.90 Å². The summed E-state index contributed by atoms with van der Waals surface area (Å²) in [6.07, 6.45) is 8.27. The molecule has 23 heavy (non-hydrogen) atoms. The Morgan fingerprint density at radius 2 is 1.65 bits per heavy atom. The molecule has 1 heterocycles. The van der Waals surface area contributed by atoms with Crippen molar-refractivity contribution < 1.29 is 9.47 Å². The average molecular weight is 317 g/mol. The van der Waals surface area contributed by atoms with E-state index in [4.69, 9.17) is 9.47 Å². The van der Waals surface area contributed by atoms with E-state index in [1.165, 1.54) is 37.7 Å². The van der Waals surface area contributed by atoms with E-state index in [-0.39, 0.29) is 5.79 Å². The topological polar surface area (TPSA) is 21.7 Å². The first-order valence-electron chi connectivity index (χ1n) is 9.21. The molecule has 0 unspecified atom stereocenters. The average Bonchev–Trinajstić information content (AvgIpc) is 3.04. The molecular weight excluding hydrogens is 286 g/mol. The van der Waals surface area contributed by atoms with Crippen molar-refractivity contribution in [1.29, 1.82) is 0 Å². The molecule has 2 fully saturated rings. The molecule has 3 rings (SSSR count).